The van der Waals surface area contributed by atoms with Crippen molar-refractivity contribution in [3.05, 3.63) is 51.4 Å². The average molecular weight is 474 g/mol. The number of thioether (sulfide) groups is 1. The monoisotopic (exact) mass is 473 g/mol. The Balaban J connectivity index is 1.55. The molecule has 4 rings (SSSR count). The van der Waals surface area contributed by atoms with Gasteiger partial charge < -0.3 is 29.0 Å². The highest BCUT2D eigenvalue weighted by Gasteiger charge is 2.26. The Kier molecular flexibility index (Phi) is 7.12. The van der Waals surface area contributed by atoms with E-state index in [1.807, 2.05) is 18.4 Å². The first-order chi connectivity index (χ1) is 16.0. The Morgan fingerprint density at radius 2 is 1.97 bits per heavy atom. The van der Waals surface area contributed by atoms with Crippen LogP contribution in [0.25, 0.3) is 0 Å². The first-order valence-electron chi connectivity index (χ1n) is 10.8. The zero-order valence-electron chi connectivity index (χ0n) is 18.7. The third kappa shape index (κ3) is 4.95. The van der Waals surface area contributed by atoms with E-state index in [9.17, 15) is 14.4 Å². The van der Waals surface area contributed by atoms with E-state index in [0.29, 0.717) is 55.2 Å². The van der Waals surface area contributed by atoms with E-state index >= 15 is 0 Å². The molecule has 2 aromatic rings. The molecule has 0 bridgehead atoms. The van der Waals surface area contributed by atoms with Crippen molar-refractivity contribution in [2.75, 3.05) is 39.0 Å². The number of aromatic nitrogens is 1. The summed E-state index contributed by atoms with van der Waals surface area (Å²) >= 11 is 1.62. The quantitative estimate of drug-likeness (QED) is 0.653. The zero-order chi connectivity index (χ0) is 23.4. The molecule has 0 fully saturated rings. The number of methoxy groups -OCH3 is 1. The lowest BCUT2D eigenvalue weighted by Crippen LogP contribution is -2.34. The lowest BCUT2D eigenvalue weighted by atomic mass is 10.1. The molecule has 10 heteroatoms. The second-order valence-electron chi connectivity index (χ2n) is 7.77. The molecule has 0 atom stereocenters. The molecule has 1 N–H and O–H groups in total. The van der Waals surface area contributed by atoms with Gasteiger partial charge in [-0.05, 0) is 24.0 Å². The van der Waals surface area contributed by atoms with Crippen LogP contribution in [-0.4, -0.2) is 60.3 Å². The largest absolute Gasteiger partial charge is 0.496 e. The number of amides is 2. The summed E-state index contributed by atoms with van der Waals surface area (Å²) in [7, 11) is 1.44. The van der Waals surface area contributed by atoms with Crippen molar-refractivity contribution < 1.29 is 23.8 Å². The fourth-order valence-electron chi connectivity index (χ4n) is 4.07. The zero-order valence-corrected chi connectivity index (χ0v) is 19.5. The topological polar surface area (TPSA) is 99.1 Å². The standard InChI is InChI=1S/C23H27N3O6S/c1-30-19-12-21(28)26-9-8-25(20(27)6-10-33-2)7-5-16(26)22(19)23(29)24-13-15-3-4-17-18(11-15)32-14-31-17/h3-4,11-12H,5-10,13-14H2,1-2H3,(H,24,29). The minimum absolute atomic E-state index is 0.0611. The molecule has 0 saturated carbocycles. The Morgan fingerprint density at radius 1 is 1.15 bits per heavy atom. The lowest BCUT2D eigenvalue weighted by molar-refractivity contribution is -0.130. The van der Waals surface area contributed by atoms with Gasteiger partial charge in [0.05, 0.1) is 7.11 Å². The number of nitrogens with zero attached hydrogens (tertiary/aromatic N) is 2. The minimum atomic E-state index is -0.338. The normalized spacial score (nSPS) is 14.4. The molecule has 2 aliphatic rings. The van der Waals surface area contributed by atoms with E-state index in [1.165, 1.54) is 13.2 Å². The summed E-state index contributed by atoms with van der Waals surface area (Å²) in [6, 6.07) is 6.83. The maximum absolute atomic E-state index is 13.2. The first-order valence-corrected chi connectivity index (χ1v) is 12.2. The second kappa shape index (κ2) is 10.2. The van der Waals surface area contributed by atoms with Gasteiger partial charge in [0, 0.05) is 56.5 Å². The molecule has 176 valence electrons. The van der Waals surface area contributed by atoms with Crippen LogP contribution in [0.1, 0.15) is 28.0 Å². The van der Waals surface area contributed by atoms with Crippen molar-refractivity contribution in [2.45, 2.75) is 25.9 Å². The van der Waals surface area contributed by atoms with Crippen LogP contribution in [0.15, 0.2) is 29.1 Å². The number of benzene rings is 1. The van der Waals surface area contributed by atoms with E-state index in [1.54, 1.807) is 27.3 Å². The molecule has 1 aromatic heterocycles. The Hall–Kier alpha value is -3.14. The van der Waals surface area contributed by atoms with Crippen LogP contribution in [0.3, 0.4) is 0 Å². The van der Waals surface area contributed by atoms with Crippen LogP contribution in [-0.2, 0) is 24.3 Å². The molecule has 2 aliphatic heterocycles. The van der Waals surface area contributed by atoms with Gasteiger partial charge in [0.1, 0.15) is 11.3 Å². The van der Waals surface area contributed by atoms with Gasteiger partial charge in [-0.2, -0.15) is 11.8 Å². The second-order valence-corrected chi connectivity index (χ2v) is 8.75. The first kappa shape index (κ1) is 23.0. The van der Waals surface area contributed by atoms with Crippen molar-refractivity contribution in [2.24, 2.45) is 0 Å². The molecule has 9 nitrogen and oxygen atoms in total. The average Bonchev–Trinajstić information content (AvgIpc) is 3.17. The Bertz CT molecular complexity index is 1120. The van der Waals surface area contributed by atoms with Crippen LogP contribution < -0.4 is 25.1 Å². The molecule has 1 aromatic carbocycles. The number of carbonyl (C=O) groups excluding carboxylic acids is 2. The predicted octanol–water partition coefficient (Wildman–Crippen LogP) is 1.65. The summed E-state index contributed by atoms with van der Waals surface area (Å²) in [6.45, 7) is 1.68. The summed E-state index contributed by atoms with van der Waals surface area (Å²) in [5.41, 5.74) is 1.53. The van der Waals surface area contributed by atoms with Gasteiger partial charge in [-0.3, -0.25) is 14.4 Å². The molecular formula is C23H27N3O6S. The van der Waals surface area contributed by atoms with Crippen LogP contribution in [0.5, 0.6) is 17.2 Å². The maximum atomic E-state index is 13.2. The van der Waals surface area contributed by atoms with Crippen molar-refractivity contribution >= 4 is 23.6 Å². The number of nitrogens with one attached hydrogen (secondary N) is 1. The van der Waals surface area contributed by atoms with Gasteiger partial charge in [0.2, 0.25) is 12.7 Å². The molecule has 0 unspecified atom stereocenters. The summed E-state index contributed by atoms with van der Waals surface area (Å²) in [4.78, 5) is 40.3. The number of fused-ring (bicyclic) bond motifs is 2. The lowest BCUT2D eigenvalue weighted by Gasteiger charge is -2.19. The third-order valence-electron chi connectivity index (χ3n) is 5.80. The van der Waals surface area contributed by atoms with Gasteiger partial charge in [0.25, 0.3) is 11.5 Å². The SMILES string of the molecule is COc1cc(=O)n2c(c1C(=O)NCc1ccc3c(c1)OCO3)CCN(C(=O)CCSC)CC2. The highest BCUT2D eigenvalue weighted by atomic mass is 32.2. The summed E-state index contributed by atoms with van der Waals surface area (Å²) in [5.74, 6) is 2.03. The number of rotatable bonds is 7. The highest BCUT2D eigenvalue weighted by molar-refractivity contribution is 7.98. The van der Waals surface area contributed by atoms with Gasteiger partial charge in [-0.1, -0.05) is 6.07 Å². The van der Waals surface area contributed by atoms with Gasteiger partial charge in [-0.15, -0.1) is 0 Å². The maximum Gasteiger partial charge on any atom is 0.257 e. The summed E-state index contributed by atoms with van der Waals surface area (Å²) < 4.78 is 17.7. The summed E-state index contributed by atoms with van der Waals surface area (Å²) in [5, 5.41) is 2.92. The molecule has 0 saturated heterocycles. The number of pyridine rings is 1. The fourth-order valence-corrected chi connectivity index (χ4v) is 4.45. The van der Waals surface area contributed by atoms with Crippen LogP contribution in [0.4, 0.5) is 0 Å². The number of hydrogen-bond donors (Lipinski definition) is 1. The molecule has 33 heavy (non-hydrogen) atoms. The third-order valence-corrected chi connectivity index (χ3v) is 6.42. The highest BCUT2D eigenvalue weighted by Crippen LogP contribution is 2.32. The van der Waals surface area contributed by atoms with Crippen molar-refractivity contribution in [3.63, 3.8) is 0 Å². The molecule has 2 amide bonds. The van der Waals surface area contributed by atoms with Gasteiger partial charge in [0.15, 0.2) is 11.5 Å². The van der Waals surface area contributed by atoms with E-state index in [2.05, 4.69) is 5.32 Å². The Morgan fingerprint density at radius 3 is 2.76 bits per heavy atom. The van der Waals surface area contributed by atoms with Crippen LogP contribution in [0, 0.1) is 0 Å². The van der Waals surface area contributed by atoms with Crippen molar-refractivity contribution in [1.82, 2.24) is 14.8 Å². The molecular weight excluding hydrogens is 446 g/mol. The van der Waals surface area contributed by atoms with E-state index in [-0.39, 0.29) is 36.5 Å². The number of carbonyl (C=O) groups is 2. The summed E-state index contributed by atoms with van der Waals surface area (Å²) in [6.07, 6.45) is 2.81. The smallest absolute Gasteiger partial charge is 0.257 e. The Labute approximate surface area is 196 Å². The van der Waals surface area contributed by atoms with E-state index < -0.39 is 0 Å². The molecule has 0 aliphatic carbocycles. The van der Waals surface area contributed by atoms with Crippen molar-refractivity contribution in [3.8, 4) is 17.2 Å². The van der Waals surface area contributed by atoms with Gasteiger partial charge in [-0.25, -0.2) is 0 Å². The van der Waals surface area contributed by atoms with E-state index in [0.717, 1.165) is 11.3 Å². The van der Waals surface area contributed by atoms with Crippen LogP contribution in [0.2, 0.25) is 0 Å². The predicted molar refractivity (Wildman–Crippen MR) is 124 cm³/mol. The minimum Gasteiger partial charge on any atom is -0.496 e. The molecule has 0 spiro atoms. The number of ether oxygens (including phenoxy) is 3. The van der Waals surface area contributed by atoms with Gasteiger partial charge >= 0.3 is 0 Å². The molecule has 0 radical (unpaired) electrons. The number of hydrogen-bond acceptors (Lipinski definition) is 7. The van der Waals surface area contributed by atoms with Crippen LogP contribution >= 0.6 is 11.8 Å². The van der Waals surface area contributed by atoms with E-state index in [4.69, 9.17) is 14.2 Å². The van der Waals surface area contributed by atoms with Crippen molar-refractivity contribution in [1.29, 1.82) is 0 Å². The fraction of sp³-hybridized carbons (Fsp3) is 0.435. The molecule has 3 heterocycles.